The first kappa shape index (κ1) is 21.0. The fraction of sp³-hybridized carbons (Fsp3) is 0.273. The van der Waals surface area contributed by atoms with Crippen LogP contribution in [0.4, 0.5) is 11.4 Å². The molecule has 8 heteroatoms. The number of nitro groups is 1. The first-order valence-corrected chi connectivity index (χ1v) is 9.76. The van der Waals surface area contributed by atoms with Crippen LogP contribution in [0.15, 0.2) is 60.7 Å². The Morgan fingerprint density at radius 1 is 1.03 bits per heavy atom. The molecular formula is C22H24N4O4. The number of para-hydroxylation sites is 2. The van der Waals surface area contributed by atoms with Crippen LogP contribution in [0.25, 0.3) is 6.08 Å². The molecule has 1 N–H and O–H groups in total. The number of hydrogen-bond acceptors (Lipinski definition) is 5. The van der Waals surface area contributed by atoms with E-state index in [2.05, 4.69) is 5.32 Å². The minimum atomic E-state index is -0.657. The topological polar surface area (TPSA) is 95.8 Å². The average molecular weight is 408 g/mol. The van der Waals surface area contributed by atoms with Gasteiger partial charge in [-0.2, -0.15) is 0 Å². The van der Waals surface area contributed by atoms with Crippen LogP contribution in [0.5, 0.6) is 0 Å². The number of carbonyl (C=O) groups excluding carboxylic acids is 2. The molecule has 2 aromatic carbocycles. The van der Waals surface area contributed by atoms with Crippen molar-refractivity contribution in [1.82, 2.24) is 10.2 Å². The van der Waals surface area contributed by atoms with E-state index in [1.54, 1.807) is 36.1 Å². The van der Waals surface area contributed by atoms with Gasteiger partial charge in [0.1, 0.15) is 11.7 Å². The van der Waals surface area contributed by atoms with E-state index in [-0.39, 0.29) is 17.5 Å². The highest BCUT2D eigenvalue weighted by atomic mass is 16.6. The molecule has 3 rings (SSSR count). The summed E-state index contributed by atoms with van der Waals surface area (Å²) in [6, 6.07) is 15.4. The Labute approximate surface area is 174 Å². The van der Waals surface area contributed by atoms with E-state index in [0.717, 1.165) is 5.56 Å². The molecule has 1 aliphatic heterocycles. The molecule has 0 aromatic heterocycles. The van der Waals surface area contributed by atoms with Gasteiger partial charge in [0.05, 0.1) is 4.92 Å². The molecule has 1 saturated heterocycles. The largest absolute Gasteiger partial charge is 0.362 e. The summed E-state index contributed by atoms with van der Waals surface area (Å²) in [5, 5.41) is 13.9. The van der Waals surface area contributed by atoms with Crippen LogP contribution >= 0.6 is 0 Å². The summed E-state index contributed by atoms with van der Waals surface area (Å²) < 4.78 is 0. The van der Waals surface area contributed by atoms with Crippen LogP contribution in [0.2, 0.25) is 0 Å². The Hall–Kier alpha value is -3.68. The van der Waals surface area contributed by atoms with Gasteiger partial charge in [-0.05, 0) is 24.6 Å². The summed E-state index contributed by atoms with van der Waals surface area (Å²) in [5.74, 6) is -0.503. The SMILES string of the molecule is C[C@H](NC(=O)/C=C\c1ccccc1)C(=O)N1CCN(c2ccccc2[N+](=O)[O-])CC1. The summed E-state index contributed by atoms with van der Waals surface area (Å²) in [7, 11) is 0. The number of nitrogens with one attached hydrogen (secondary N) is 1. The van der Waals surface area contributed by atoms with E-state index in [4.69, 9.17) is 0 Å². The van der Waals surface area contributed by atoms with E-state index in [0.29, 0.717) is 31.9 Å². The van der Waals surface area contributed by atoms with Gasteiger partial charge >= 0.3 is 0 Å². The molecule has 0 saturated carbocycles. The van der Waals surface area contributed by atoms with Gasteiger partial charge in [0, 0.05) is 38.3 Å². The quantitative estimate of drug-likeness (QED) is 0.450. The fourth-order valence-electron chi connectivity index (χ4n) is 3.39. The van der Waals surface area contributed by atoms with Crippen molar-refractivity contribution in [3.05, 3.63) is 76.4 Å². The standard InChI is InChI=1S/C22H24N4O4/c1-17(23-21(27)12-11-18-7-3-2-4-8-18)22(28)25-15-13-24(14-16-25)19-9-5-6-10-20(19)26(29)30/h2-12,17H,13-16H2,1H3,(H,23,27)/b12-11-/t17-/m0/s1. The molecule has 8 nitrogen and oxygen atoms in total. The molecule has 0 spiro atoms. The molecule has 0 radical (unpaired) electrons. The molecule has 1 aliphatic rings. The number of carbonyl (C=O) groups is 2. The lowest BCUT2D eigenvalue weighted by Crippen LogP contribution is -2.54. The third-order valence-corrected chi connectivity index (χ3v) is 4.97. The maximum Gasteiger partial charge on any atom is 0.292 e. The maximum atomic E-state index is 12.7. The van der Waals surface area contributed by atoms with E-state index in [1.807, 2.05) is 35.2 Å². The lowest BCUT2D eigenvalue weighted by atomic mass is 10.2. The van der Waals surface area contributed by atoms with Crippen LogP contribution in [-0.2, 0) is 9.59 Å². The maximum absolute atomic E-state index is 12.7. The molecule has 1 heterocycles. The molecular weight excluding hydrogens is 384 g/mol. The second-order valence-corrected chi connectivity index (χ2v) is 7.03. The number of amides is 2. The first-order chi connectivity index (χ1) is 14.5. The minimum absolute atomic E-state index is 0.0584. The molecule has 0 bridgehead atoms. The second kappa shape index (κ2) is 9.69. The number of benzene rings is 2. The van der Waals surface area contributed by atoms with E-state index < -0.39 is 11.0 Å². The zero-order valence-electron chi connectivity index (χ0n) is 16.7. The zero-order valence-corrected chi connectivity index (χ0v) is 16.7. The Morgan fingerprint density at radius 2 is 1.67 bits per heavy atom. The third-order valence-electron chi connectivity index (χ3n) is 4.97. The highest BCUT2D eigenvalue weighted by Gasteiger charge is 2.28. The van der Waals surface area contributed by atoms with Gasteiger partial charge < -0.3 is 15.1 Å². The normalized spacial score (nSPS) is 15.1. The van der Waals surface area contributed by atoms with Crippen LogP contribution in [0.1, 0.15) is 12.5 Å². The summed E-state index contributed by atoms with van der Waals surface area (Å²) >= 11 is 0. The number of piperazine rings is 1. The van der Waals surface area contributed by atoms with Crippen LogP contribution in [0.3, 0.4) is 0 Å². The van der Waals surface area contributed by atoms with Crippen molar-refractivity contribution >= 4 is 29.3 Å². The van der Waals surface area contributed by atoms with E-state index in [9.17, 15) is 19.7 Å². The van der Waals surface area contributed by atoms with Gasteiger partial charge in [-0.1, -0.05) is 42.5 Å². The van der Waals surface area contributed by atoms with Gasteiger partial charge in [0.25, 0.3) is 5.69 Å². The monoisotopic (exact) mass is 408 g/mol. The van der Waals surface area contributed by atoms with Gasteiger partial charge in [-0.25, -0.2) is 0 Å². The molecule has 0 aliphatic carbocycles. The highest BCUT2D eigenvalue weighted by Crippen LogP contribution is 2.28. The van der Waals surface area contributed by atoms with E-state index >= 15 is 0 Å². The zero-order chi connectivity index (χ0) is 21.5. The number of nitro benzene ring substituents is 1. The summed E-state index contributed by atoms with van der Waals surface area (Å²) in [6.07, 6.45) is 3.10. The summed E-state index contributed by atoms with van der Waals surface area (Å²) in [6.45, 7) is 3.51. The highest BCUT2D eigenvalue weighted by molar-refractivity contribution is 5.95. The molecule has 1 fully saturated rings. The van der Waals surface area contributed by atoms with Crippen molar-refractivity contribution in [1.29, 1.82) is 0 Å². The molecule has 156 valence electrons. The lowest BCUT2D eigenvalue weighted by Gasteiger charge is -2.36. The first-order valence-electron chi connectivity index (χ1n) is 9.76. The van der Waals surface area contributed by atoms with Crippen molar-refractivity contribution < 1.29 is 14.5 Å². The predicted molar refractivity (Wildman–Crippen MR) is 115 cm³/mol. The Balaban J connectivity index is 1.53. The van der Waals surface area contributed by atoms with Crippen molar-refractivity contribution in [3.8, 4) is 0 Å². The molecule has 2 amide bonds. The number of rotatable bonds is 6. The van der Waals surface area contributed by atoms with Crippen LogP contribution in [0, 0.1) is 10.1 Å². The number of nitrogens with zero attached hydrogens (tertiary/aromatic N) is 3. The summed E-state index contributed by atoms with van der Waals surface area (Å²) in [4.78, 5) is 39.2. The van der Waals surface area contributed by atoms with Crippen molar-refractivity contribution in [2.24, 2.45) is 0 Å². The molecule has 2 aromatic rings. The molecule has 1 atom stereocenters. The average Bonchev–Trinajstić information content (AvgIpc) is 2.78. The smallest absolute Gasteiger partial charge is 0.292 e. The van der Waals surface area contributed by atoms with Crippen LogP contribution in [-0.4, -0.2) is 53.9 Å². The third kappa shape index (κ3) is 5.22. The minimum Gasteiger partial charge on any atom is -0.362 e. The fourth-order valence-corrected chi connectivity index (χ4v) is 3.39. The summed E-state index contributed by atoms with van der Waals surface area (Å²) in [5.41, 5.74) is 1.52. The molecule has 0 unspecified atom stereocenters. The lowest BCUT2D eigenvalue weighted by molar-refractivity contribution is -0.384. The van der Waals surface area contributed by atoms with Gasteiger partial charge in [-0.3, -0.25) is 19.7 Å². The Kier molecular flexibility index (Phi) is 6.79. The van der Waals surface area contributed by atoms with E-state index in [1.165, 1.54) is 12.1 Å². The number of hydrogen-bond donors (Lipinski definition) is 1. The predicted octanol–water partition coefficient (Wildman–Crippen LogP) is 2.46. The van der Waals surface area contributed by atoms with Crippen molar-refractivity contribution in [3.63, 3.8) is 0 Å². The van der Waals surface area contributed by atoms with Gasteiger partial charge in [-0.15, -0.1) is 0 Å². The Bertz CT molecular complexity index is 937. The van der Waals surface area contributed by atoms with Gasteiger partial charge in [0.15, 0.2) is 0 Å². The molecule has 30 heavy (non-hydrogen) atoms. The van der Waals surface area contributed by atoms with Gasteiger partial charge in [0.2, 0.25) is 11.8 Å². The van der Waals surface area contributed by atoms with Crippen LogP contribution < -0.4 is 10.2 Å². The van der Waals surface area contributed by atoms with Crippen molar-refractivity contribution in [2.45, 2.75) is 13.0 Å². The number of anilines is 1. The van der Waals surface area contributed by atoms with Crippen molar-refractivity contribution in [2.75, 3.05) is 31.1 Å². The Morgan fingerprint density at radius 3 is 2.33 bits per heavy atom. The second-order valence-electron chi connectivity index (χ2n) is 7.03.